The number of benzene rings is 2. The largest absolute Gasteiger partial charge is 0.496 e. The van der Waals surface area contributed by atoms with Crippen molar-refractivity contribution in [2.45, 2.75) is 29.9 Å². The Morgan fingerprint density at radius 1 is 1.18 bits per heavy atom. The Kier molecular flexibility index (Phi) is 7.51. The van der Waals surface area contributed by atoms with Crippen LogP contribution in [0.4, 0.5) is 0 Å². The quantitative estimate of drug-likeness (QED) is 0.520. The van der Waals surface area contributed by atoms with Crippen LogP contribution in [0.3, 0.4) is 0 Å². The van der Waals surface area contributed by atoms with Crippen LogP contribution >= 0.6 is 23.1 Å². The van der Waals surface area contributed by atoms with E-state index in [2.05, 4.69) is 41.5 Å². The van der Waals surface area contributed by atoms with Crippen molar-refractivity contribution in [1.82, 2.24) is 10.3 Å². The zero-order chi connectivity index (χ0) is 19.8. The second-order valence-corrected chi connectivity index (χ2v) is 8.55. The second kappa shape index (κ2) is 10.3. The first-order valence-corrected chi connectivity index (χ1v) is 11.0. The van der Waals surface area contributed by atoms with Gasteiger partial charge < -0.3 is 10.1 Å². The minimum Gasteiger partial charge on any atom is -0.496 e. The number of hydrogen-bond acceptors (Lipinski definition) is 5. The summed E-state index contributed by atoms with van der Waals surface area (Å²) in [4.78, 5) is 16.8. The van der Waals surface area contributed by atoms with E-state index < -0.39 is 0 Å². The first-order chi connectivity index (χ1) is 13.6. The molecule has 0 aliphatic rings. The maximum atomic E-state index is 12.2. The van der Waals surface area contributed by atoms with E-state index in [1.807, 2.05) is 29.6 Å². The number of carbonyl (C=O) groups excluding carboxylic acids is 1. The number of nitrogens with one attached hydrogen (secondary N) is 1. The smallest absolute Gasteiger partial charge is 0.226 e. The van der Waals surface area contributed by atoms with E-state index in [4.69, 9.17) is 4.74 Å². The minimum absolute atomic E-state index is 0.00437. The van der Waals surface area contributed by atoms with E-state index in [0.29, 0.717) is 13.0 Å². The number of para-hydroxylation sites is 1. The molecule has 28 heavy (non-hydrogen) atoms. The molecule has 0 fully saturated rings. The molecule has 0 spiro atoms. The fourth-order valence-corrected chi connectivity index (χ4v) is 4.54. The Balaban J connectivity index is 1.42. The zero-order valence-electron chi connectivity index (χ0n) is 16.1. The third-order valence-electron chi connectivity index (χ3n) is 4.26. The summed E-state index contributed by atoms with van der Waals surface area (Å²) < 4.78 is 6.34. The van der Waals surface area contributed by atoms with Crippen LogP contribution in [-0.4, -0.2) is 24.5 Å². The normalized spacial score (nSPS) is 10.6. The average Bonchev–Trinajstić information content (AvgIpc) is 3.15. The molecule has 3 rings (SSSR count). The molecule has 0 atom stereocenters. The number of methoxy groups -OCH3 is 1. The van der Waals surface area contributed by atoms with Crippen molar-refractivity contribution >= 4 is 29.0 Å². The van der Waals surface area contributed by atoms with Crippen LogP contribution in [0.25, 0.3) is 0 Å². The van der Waals surface area contributed by atoms with E-state index >= 15 is 0 Å². The monoisotopic (exact) mass is 412 g/mol. The zero-order valence-corrected chi connectivity index (χ0v) is 17.7. The molecule has 1 N–H and O–H groups in total. The molecule has 0 unspecified atom stereocenters. The van der Waals surface area contributed by atoms with Gasteiger partial charge in [-0.3, -0.25) is 4.79 Å². The van der Waals surface area contributed by atoms with E-state index in [-0.39, 0.29) is 5.91 Å². The molecule has 146 valence electrons. The highest BCUT2D eigenvalue weighted by atomic mass is 32.2. The first kappa shape index (κ1) is 20.4. The number of aryl methyl sites for hydroxylation is 1. The third-order valence-corrected chi connectivity index (χ3v) is 6.41. The summed E-state index contributed by atoms with van der Waals surface area (Å²) >= 11 is 3.30. The van der Waals surface area contributed by atoms with Crippen LogP contribution in [-0.2, 0) is 23.4 Å². The summed E-state index contributed by atoms with van der Waals surface area (Å²) in [6.07, 6.45) is 1.05. The van der Waals surface area contributed by atoms with Gasteiger partial charge in [-0.1, -0.05) is 59.8 Å². The second-order valence-electron chi connectivity index (χ2n) is 6.47. The molecule has 4 nitrogen and oxygen atoms in total. The summed E-state index contributed by atoms with van der Waals surface area (Å²) in [5.74, 6) is 1.74. The molecule has 0 saturated heterocycles. The number of thioether (sulfide) groups is 1. The van der Waals surface area contributed by atoms with Crippen molar-refractivity contribution in [2.24, 2.45) is 0 Å². The number of hydrogen-bond donors (Lipinski definition) is 1. The predicted molar refractivity (Wildman–Crippen MR) is 116 cm³/mol. The Labute approximate surface area is 174 Å². The molecule has 1 aromatic heterocycles. The van der Waals surface area contributed by atoms with Gasteiger partial charge in [0.25, 0.3) is 0 Å². The molecule has 6 heteroatoms. The number of thiazole rings is 1. The van der Waals surface area contributed by atoms with Gasteiger partial charge in [0.1, 0.15) is 10.1 Å². The summed E-state index contributed by atoms with van der Waals surface area (Å²) in [5, 5.41) is 4.94. The SMILES string of the molecule is COc1ccccc1CCNC(=O)Cc1csc(SCc2ccc(C)cc2)n1. The summed E-state index contributed by atoms with van der Waals surface area (Å²) in [5.41, 5.74) is 4.46. The number of rotatable bonds is 9. The average molecular weight is 413 g/mol. The molecule has 0 bridgehead atoms. The van der Waals surface area contributed by atoms with Gasteiger partial charge >= 0.3 is 0 Å². The number of nitrogens with zero attached hydrogens (tertiary/aromatic N) is 1. The van der Waals surface area contributed by atoms with Crippen molar-refractivity contribution in [3.8, 4) is 5.75 Å². The molecule has 0 radical (unpaired) electrons. The van der Waals surface area contributed by atoms with Crippen LogP contribution in [0.15, 0.2) is 58.3 Å². The van der Waals surface area contributed by atoms with Crippen molar-refractivity contribution in [3.63, 3.8) is 0 Å². The van der Waals surface area contributed by atoms with Crippen molar-refractivity contribution in [2.75, 3.05) is 13.7 Å². The molecule has 1 heterocycles. The Bertz CT molecular complexity index is 907. The Morgan fingerprint density at radius 2 is 1.96 bits per heavy atom. The van der Waals surface area contributed by atoms with Crippen molar-refractivity contribution < 1.29 is 9.53 Å². The van der Waals surface area contributed by atoms with E-state index in [1.165, 1.54) is 11.1 Å². The molecule has 0 saturated carbocycles. The minimum atomic E-state index is -0.00437. The lowest BCUT2D eigenvalue weighted by atomic mass is 10.1. The van der Waals surface area contributed by atoms with Crippen LogP contribution in [0.5, 0.6) is 5.75 Å². The standard InChI is InChI=1S/C22H24N2O2S2/c1-16-7-9-17(10-8-16)14-27-22-24-19(15-28-22)13-21(25)23-12-11-18-5-3-4-6-20(18)26-2/h3-10,15H,11-14H2,1-2H3,(H,23,25). The summed E-state index contributed by atoms with van der Waals surface area (Å²) in [6, 6.07) is 16.4. The lowest BCUT2D eigenvalue weighted by Crippen LogP contribution is -2.27. The number of amides is 1. The van der Waals surface area contributed by atoms with E-state index in [0.717, 1.165) is 33.5 Å². The summed E-state index contributed by atoms with van der Waals surface area (Å²) in [6.45, 7) is 2.67. The fraction of sp³-hybridized carbons (Fsp3) is 0.273. The lowest BCUT2D eigenvalue weighted by Gasteiger charge is -2.08. The highest BCUT2D eigenvalue weighted by Gasteiger charge is 2.09. The number of aromatic nitrogens is 1. The maximum absolute atomic E-state index is 12.2. The van der Waals surface area contributed by atoms with Crippen LogP contribution in [0, 0.1) is 6.92 Å². The molecule has 1 amide bonds. The topological polar surface area (TPSA) is 51.2 Å². The van der Waals surface area contributed by atoms with Crippen LogP contribution < -0.4 is 10.1 Å². The highest BCUT2D eigenvalue weighted by molar-refractivity contribution is 8.00. The van der Waals surface area contributed by atoms with Gasteiger partial charge in [0.2, 0.25) is 5.91 Å². The fourth-order valence-electron chi connectivity index (χ4n) is 2.74. The van der Waals surface area contributed by atoms with Crippen molar-refractivity contribution in [3.05, 3.63) is 76.3 Å². The van der Waals surface area contributed by atoms with Gasteiger partial charge in [-0.2, -0.15) is 0 Å². The molecule has 2 aromatic carbocycles. The van der Waals surface area contributed by atoms with Crippen LogP contribution in [0.2, 0.25) is 0 Å². The molecular formula is C22H24N2O2S2. The molecule has 0 aliphatic carbocycles. The highest BCUT2D eigenvalue weighted by Crippen LogP contribution is 2.26. The predicted octanol–water partition coefficient (Wildman–Crippen LogP) is 4.65. The number of ether oxygens (including phenoxy) is 1. The summed E-state index contributed by atoms with van der Waals surface area (Å²) in [7, 11) is 1.66. The molecule has 0 aliphatic heterocycles. The molecule has 3 aromatic rings. The Morgan fingerprint density at radius 3 is 2.75 bits per heavy atom. The van der Waals surface area contributed by atoms with Gasteiger partial charge in [0.15, 0.2) is 0 Å². The number of carbonyl (C=O) groups is 1. The van der Waals surface area contributed by atoms with Crippen molar-refractivity contribution in [1.29, 1.82) is 0 Å². The first-order valence-electron chi connectivity index (χ1n) is 9.15. The molecular weight excluding hydrogens is 388 g/mol. The van der Waals surface area contributed by atoms with Gasteiger partial charge in [0, 0.05) is 17.7 Å². The maximum Gasteiger partial charge on any atom is 0.226 e. The van der Waals surface area contributed by atoms with E-state index in [1.54, 1.807) is 30.2 Å². The van der Waals surface area contributed by atoms with Gasteiger partial charge in [-0.25, -0.2) is 4.98 Å². The Hall–Kier alpha value is -2.31. The van der Waals surface area contributed by atoms with Crippen LogP contribution in [0.1, 0.15) is 22.4 Å². The lowest BCUT2D eigenvalue weighted by molar-refractivity contribution is -0.120. The third kappa shape index (κ3) is 6.11. The van der Waals surface area contributed by atoms with Gasteiger partial charge in [0.05, 0.1) is 19.2 Å². The van der Waals surface area contributed by atoms with Gasteiger partial charge in [-0.05, 0) is 30.5 Å². The van der Waals surface area contributed by atoms with Gasteiger partial charge in [-0.15, -0.1) is 11.3 Å². The van der Waals surface area contributed by atoms with E-state index in [9.17, 15) is 4.79 Å².